The summed E-state index contributed by atoms with van der Waals surface area (Å²) in [7, 11) is -3.41. The van der Waals surface area contributed by atoms with Crippen molar-refractivity contribution in [2.75, 3.05) is 6.54 Å². The normalized spacial score (nSPS) is 27.2. The molecule has 0 spiro atoms. The van der Waals surface area contributed by atoms with Gasteiger partial charge in [-0.3, -0.25) is 0 Å². The lowest BCUT2D eigenvalue weighted by molar-refractivity contribution is 0.217. The summed E-state index contributed by atoms with van der Waals surface area (Å²) in [6.45, 7) is 6.40. The third-order valence-electron chi connectivity index (χ3n) is 3.33. The number of aromatic nitrogens is 2. The largest absolute Gasteiger partial charge is 0.332 e. The molecule has 5 nitrogen and oxygen atoms in total. The maximum Gasteiger partial charge on any atom is 0.260 e. The lowest BCUT2D eigenvalue weighted by atomic mass is 9.97. The molecular weight excluding hydrogens is 238 g/mol. The number of hydrogen-bond acceptors (Lipinski definition) is 3. The van der Waals surface area contributed by atoms with Gasteiger partial charge in [0.2, 0.25) is 0 Å². The number of imidazole rings is 1. The Kier molecular flexibility index (Phi) is 3.27. The molecule has 96 valence electrons. The van der Waals surface area contributed by atoms with Gasteiger partial charge in [0.15, 0.2) is 5.03 Å². The molecule has 1 aromatic heterocycles. The van der Waals surface area contributed by atoms with Crippen molar-refractivity contribution >= 4 is 10.0 Å². The highest BCUT2D eigenvalue weighted by atomic mass is 32.2. The van der Waals surface area contributed by atoms with Gasteiger partial charge in [-0.15, -0.1) is 0 Å². The van der Waals surface area contributed by atoms with Gasteiger partial charge in [0.05, 0.1) is 6.20 Å². The molecule has 17 heavy (non-hydrogen) atoms. The van der Waals surface area contributed by atoms with Crippen LogP contribution in [0.4, 0.5) is 0 Å². The predicted octanol–water partition coefficient (Wildman–Crippen LogP) is 1.53. The van der Waals surface area contributed by atoms with Gasteiger partial charge in [0, 0.05) is 12.6 Å². The first-order valence-corrected chi connectivity index (χ1v) is 7.38. The van der Waals surface area contributed by atoms with Crippen LogP contribution in [0.1, 0.15) is 32.5 Å². The minimum absolute atomic E-state index is 0.0693. The number of hydrogen-bond donors (Lipinski definition) is 1. The van der Waals surface area contributed by atoms with Crippen molar-refractivity contribution in [2.24, 2.45) is 5.92 Å². The number of nitrogens with zero attached hydrogens (tertiary/aromatic N) is 2. The van der Waals surface area contributed by atoms with E-state index in [1.54, 1.807) is 11.2 Å². The van der Waals surface area contributed by atoms with Crippen LogP contribution in [0.2, 0.25) is 0 Å². The lowest BCUT2D eigenvalue weighted by Gasteiger charge is -2.35. The maximum absolute atomic E-state index is 12.4. The molecule has 2 unspecified atom stereocenters. The average Bonchev–Trinajstić information content (AvgIpc) is 2.69. The minimum Gasteiger partial charge on any atom is -0.332 e. The molecule has 1 fully saturated rings. The van der Waals surface area contributed by atoms with E-state index in [2.05, 4.69) is 16.9 Å². The molecule has 0 radical (unpaired) electrons. The fourth-order valence-electron chi connectivity index (χ4n) is 2.24. The molecule has 0 amide bonds. The molecule has 1 N–H and O–H groups in total. The van der Waals surface area contributed by atoms with Crippen LogP contribution in [0.15, 0.2) is 11.2 Å². The molecule has 2 heterocycles. The van der Waals surface area contributed by atoms with Gasteiger partial charge in [0.25, 0.3) is 10.0 Å². The third-order valence-corrected chi connectivity index (χ3v) is 5.22. The smallest absolute Gasteiger partial charge is 0.260 e. The van der Waals surface area contributed by atoms with Crippen molar-refractivity contribution in [3.05, 3.63) is 12.0 Å². The molecule has 0 saturated carbocycles. The van der Waals surface area contributed by atoms with E-state index in [9.17, 15) is 8.42 Å². The molecular formula is C11H19N3O2S. The summed E-state index contributed by atoms with van der Waals surface area (Å²) in [4.78, 5) is 6.77. The lowest BCUT2D eigenvalue weighted by Crippen LogP contribution is -2.44. The predicted molar refractivity (Wildman–Crippen MR) is 65.1 cm³/mol. The SMILES string of the molecule is Cc1ncc(S(=O)(=O)N2CC(C)CCC2C)[nH]1. The second-order valence-electron chi connectivity index (χ2n) is 4.94. The number of rotatable bonds is 2. The number of sulfonamides is 1. The van der Waals surface area contributed by atoms with E-state index in [0.29, 0.717) is 18.3 Å². The highest BCUT2D eigenvalue weighted by Gasteiger charge is 2.34. The zero-order valence-corrected chi connectivity index (χ0v) is 11.3. The summed E-state index contributed by atoms with van der Waals surface area (Å²) in [5.41, 5.74) is 0. The first-order valence-electron chi connectivity index (χ1n) is 5.94. The van der Waals surface area contributed by atoms with Crippen LogP contribution in [0.25, 0.3) is 0 Å². The molecule has 6 heteroatoms. The number of H-pyrrole nitrogens is 1. The van der Waals surface area contributed by atoms with Crippen LogP contribution in [0.3, 0.4) is 0 Å². The van der Waals surface area contributed by atoms with Crippen molar-refractivity contribution in [1.29, 1.82) is 0 Å². The summed E-state index contributed by atoms with van der Waals surface area (Å²) in [5.74, 6) is 1.05. The van der Waals surface area contributed by atoms with Gasteiger partial charge in [-0.2, -0.15) is 4.31 Å². The summed E-state index contributed by atoms with van der Waals surface area (Å²) in [6, 6.07) is 0.0693. The molecule has 1 aromatic rings. The molecule has 0 aromatic carbocycles. The van der Waals surface area contributed by atoms with Gasteiger partial charge in [-0.1, -0.05) is 6.92 Å². The molecule has 2 atom stereocenters. The molecule has 1 aliphatic heterocycles. The standard InChI is InChI=1S/C11H19N3O2S/c1-8-4-5-9(2)14(7-8)17(15,16)11-6-12-10(3)13-11/h6,8-9H,4-5,7H2,1-3H3,(H,12,13). The Balaban J connectivity index is 2.31. The third kappa shape index (κ3) is 2.37. The van der Waals surface area contributed by atoms with Gasteiger partial charge in [-0.25, -0.2) is 13.4 Å². The summed E-state index contributed by atoms with van der Waals surface area (Å²) >= 11 is 0. The first-order chi connectivity index (χ1) is 7.91. The van der Waals surface area contributed by atoms with Gasteiger partial charge in [0.1, 0.15) is 5.82 Å². The molecule has 0 aliphatic carbocycles. The Morgan fingerprint density at radius 1 is 1.41 bits per heavy atom. The first kappa shape index (κ1) is 12.6. The van der Waals surface area contributed by atoms with Gasteiger partial charge < -0.3 is 4.98 Å². The van der Waals surface area contributed by atoms with E-state index in [1.807, 2.05) is 6.92 Å². The van der Waals surface area contributed by atoms with Crippen molar-refractivity contribution in [1.82, 2.24) is 14.3 Å². The van der Waals surface area contributed by atoms with Crippen LogP contribution in [-0.4, -0.2) is 35.3 Å². The number of aromatic amines is 1. The summed E-state index contributed by atoms with van der Waals surface area (Å²) < 4.78 is 26.4. The molecule has 2 rings (SSSR count). The van der Waals surface area contributed by atoms with E-state index in [1.165, 1.54) is 6.20 Å². The van der Waals surface area contributed by atoms with Gasteiger partial charge >= 0.3 is 0 Å². The average molecular weight is 257 g/mol. The molecule has 0 bridgehead atoms. The second kappa shape index (κ2) is 4.42. The van der Waals surface area contributed by atoms with E-state index >= 15 is 0 Å². The fraction of sp³-hybridized carbons (Fsp3) is 0.727. The van der Waals surface area contributed by atoms with Crippen LogP contribution < -0.4 is 0 Å². The van der Waals surface area contributed by atoms with E-state index in [4.69, 9.17) is 0 Å². The summed E-state index contributed by atoms with van der Waals surface area (Å²) in [5, 5.41) is 0.205. The van der Waals surface area contributed by atoms with Crippen molar-refractivity contribution in [3.8, 4) is 0 Å². The quantitative estimate of drug-likeness (QED) is 0.873. The van der Waals surface area contributed by atoms with Crippen molar-refractivity contribution in [2.45, 2.75) is 44.7 Å². The van der Waals surface area contributed by atoms with Crippen LogP contribution in [-0.2, 0) is 10.0 Å². The topological polar surface area (TPSA) is 66.1 Å². The Morgan fingerprint density at radius 2 is 2.12 bits per heavy atom. The Labute approximate surface area is 102 Å². The van der Waals surface area contributed by atoms with Crippen LogP contribution in [0.5, 0.6) is 0 Å². The number of piperidine rings is 1. The van der Waals surface area contributed by atoms with Gasteiger partial charge in [-0.05, 0) is 32.6 Å². The highest BCUT2D eigenvalue weighted by Crippen LogP contribution is 2.26. The zero-order valence-electron chi connectivity index (χ0n) is 10.5. The minimum atomic E-state index is -3.41. The molecule has 1 saturated heterocycles. The summed E-state index contributed by atoms with van der Waals surface area (Å²) in [6.07, 6.45) is 3.42. The van der Waals surface area contributed by atoms with Crippen LogP contribution >= 0.6 is 0 Å². The fourth-order valence-corrected chi connectivity index (χ4v) is 3.98. The van der Waals surface area contributed by atoms with E-state index in [-0.39, 0.29) is 11.1 Å². The Morgan fingerprint density at radius 3 is 2.71 bits per heavy atom. The second-order valence-corrected chi connectivity index (χ2v) is 6.80. The van der Waals surface area contributed by atoms with E-state index in [0.717, 1.165) is 12.8 Å². The zero-order chi connectivity index (χ0) is 12.6. The van der Waals surface area contributed by atoms with Crippen molar-refractivity contribution in [3.63, 3.8) is 0 Å². The maximum atomic E-state index is 12.4. The molecule has 1 aliphatic rings. The van der Waals surface area contributed by atoms with Crippen LogP contribution in [0, 0.1) is 12.8 Å². The monoisotopic (exact) mass is 257 g/mol. The van der Waals surface area contributed by atoms with E-state index < -0.39 is 10.0 Å². The number of aryl methyl sites for hydroxylation is 1. The Hall–Kier alpha value is -0.880. The number of nitrogens with one attached hydrogen (secondary N) is 1. The Bertz CT molecular complexity index is 495. The highest BCUT2D eigenvalue weighted by molar-refractivity contribution is 7.89. The van der Waals surface area contributed by atoms with Crippen molar-refractivity contribution < 1.29 is 8.42 Å².